The van der Waals surface area contributed by atoms with Crippen molar-refractivity contribution in [2.75, 3.05) is 6.26 Å². The molecule has 0 aliphatic heterocycles. The van der Waals surface area contributed by atoms with Crippen LogP contribution >= 0.6 is 23.2 Å². The number of hydrogen-bond donors (Lipinski definition) is 0. The Morgan fingerprint density at radius 1 is 0.947 bits per heavy atom. The first kappa shape index (κ1) is 39.1. The van der Waals surface area contributed by atoms with Crippen LogP contribution in [-0.4, -0.2) is 45.0 Å². The van der Waals surface area contributed by atoms with E-state index >= 15 is 8.78 Å². The molecule has 6 aromatic rings. The lowest BCUT2D eigenvalue weighted by molar-refractivity contribution is -0.120. The minimum Gasteiger partial charge on any atom is -0.298 e. The number of nitrogens with zero attached hydrogens (tertiary/aromatic N) is 5. The molecule has 3 aromatic heterocycles. The third-order valence-electron chi connectivity index (χ3n) is 10.6. The number of rotatable bonds is 12. The number of pyridine rings is 1. The van der Waals surface area contributed by atoms with E-state index in [9.17, 15) is 30.8 Å². The van der Waals surface area contributed by atoms with Gasteiger partial charge in [0, 0.05) is 82.0 Å². The van der Waals surface area contributed by atoms with Gasteiger partial charge in [0.25, 0.3) is 12.3 Å². The summed E-state index contributed by atoms with van der Waals surface area (Å²) < 4.78 is 115. The van der Waals surface area contributed by atoms with Crippen molar-refractivity contribution in [1.82, 2.24) is 24.5 Å². The molecule has 57 heavy (non-hydrogen) atoms. The predicted molar refractivity (Wildman–Crippen MR) is 202 cm³/mol. The van der Waals surface area contributed by atoms with Gasteiger partial charge in [0.05, 0.1) is 27.7 Å². The molecule has 0 N–H and O–H groups in total. The minimum atomic E-state index is -3.57. The summed E-state index contributed by atoms with van der Waals surface area (Å²) >= 11 is 13.3. The summed E-state index contributed by atoms with van der Waals surface area (Å²) in [4.78, 5) is 18.9. The Kier molecular flexibility index (Phi) is 9.79. The van der Waals surface area contributed by atoms with E-state index in [-0.39, 0.29) is 40.4 Å². The van der Waals surface area contributed by atoms with Gasteiger partial charge in [0.2, 0.25) is 0 Å². The number of aromatic nitrogens is 5. The number of ketones is 1. The molecular formula is C40H31Cl2F6N5O3S. The molecule has 0 bridgehead atoms. The summed E-state index contributed by atoms with van der Waals surface area (Å²) in [5.41, 5.74) is 1.29. The smallest absolute Gasteiger partial charge is 0.293 e. The van der Waals surface area contributed by atoms with Gasteiger partial charge in [-0.25, -0.2) is 26.0 Å². The normalized spacial score (nSPS) is 17.6. The number of carbonyl (C=O) groups excluding carboxylic acids is 1. The Balaban J connectivity index is 1.29. The molecule has 3 heterocycles. The Morgan fingerprint density at radius 2 is 1.67 bits per heavy atom. The van der Waals surface area contributed by atoms with Gasteiger partial charge in [0.1, 0.15) is 29.6 Å². The molecule has 0 unspecified atom stereocenters. The molecule has 2 aliphatic carbocycles. The molecule has 0 saturated heterocycles. The lowest BCUT2D eigenvalue weighted by Crippen LogP contribution is -2.24. The summed E-state index contributed by atoms with van der Waals surface area (Å²) in [6, 6.07) is 14.8. The molecule has 3 aromatic carbocycles. The molecule has 8 rings (SSSR count). The Morgan fingerprint density at radius 3 is 2.35 bits per heavy atom. The van der Waals surface area contributed by atoms with Crippen LogP contribution in [-0.2, 0) is 46.3 Å². The Labute approximate surface area is 332 Å². The van der Waals surface area contributed by atoms with Gasteiger partial charge in [-0.05, 0) is 54.7 Å². The number of benzene rings is 3. The molecule has 17 heteroatoms. The van der Waals surface area contributed by atoms with E-state index in [0.29, 0.717) is 48.9 Å². The number of aryl methyl sites for hydroxylation is 1. The second-order valence-corrected chi connectivity index (χ2v) is 17.6. The first-order valence-corrected chi connectivity index (χ1v) is 20.5. The average molecular weight is 847 g/mol. The van der Waals surface area contributed by atoms with E-state index in [0.717, 1.165) is 18.4 Å². The van der Waals surface area contributed by atoms with Gasteiger partial charge >= 0.3 is 0 Å². The van der Waals surface area contributed by atoms with Gasteiger partial charge in [0.15, 0.2) is 15.6 Å². The zero-order chi connectivity index (χ0) is 40.7. The third-order valence-corrected chi connectivity index (χ3v) is 12.0. The lowest BCUT2D eigenvalue weighted by atomic mass is 9.85. The second-order valence-electron chi connectivity index (χ2n) is 14.7. The first-order chi connectivity index (χ1) is 26.9. The van der Waals surface area contributed by atoms with Crippen molar-refractivity contribution >= 4 is 49.7 Å². The van der Waals surface area contributed by atoms with Gasteiger partial charge in [-0.1, -0.05) is 47.5 Å². The van der Waals surface area contributed by atoms with Crippen LogP contribution in [0.25, 0.3) is 33.2 Å². The van der Waals surface area contributed by atoms with Crippen LogP contribution in [0.4, 0.5) is 26.3 Å². The molecule has 8 nitrogen and oxygen atoms in total. The molecule has 3 atom stereocenters. The maximum absolute atomic E-state index is 15.4. The van der Waals surface area contributed by atoms with Crippen molar-refractivity contribution in [3.05, 3.63) is 122 Å². The van der Waals surface area contributed by atoms with Crippen LogP contribution in [0.2, 0.25) is 10.0 Å². The zero-order valence-corrected chi connectivity index (χ0v) is 32.4. The van der Waals surface area contributed by atoms with Gasteiger partial charge in [-0.2, -0.15) is 19.0 Å². The number of fused-ring (bicyclic) bond motifs is 4. The van der Waals surface area contributed by atoms with E-state index in [2.05, 4.69) is 10.2 Å². The van der Waals surface area contributed by atoms with Crippen molar-refractivity contribution in [2.45, 2.75) is 55.7 Å². The number of alkyl halides is 4. The monoisotopic (exact) mass is 845 g/mol. The number of Topliss-reactive ketones (excluding diaryl/α,β-unsaturated/α-hetero) is 1. The number of hydrogen-bond acceptors (Lipinski definition) is 6. The fraction of sp³-hybridized carbons (Fsp3) is 0.300. The number of sulfone groups is 1. The van der Waals surface area contributed by atoms with Gasteiger partial charge in [-0.15, -0.1) is 0 Å². The van der Waals surface area contributed by atoms with Crippen molar-refractivity contribution < 1.29 is 39.6 Å². The first-order valence-electron chi connectivity index (χ1n) is 17.7. The summed E-state index contributed by atoms with van der Waals surface area (Å²) in [6.45, 7) is -0.771. The van der Waals surface area contributed by atoms with Crippen molar-refractivity contribution in [3.63, 3.8) is 0 Å². The number of halogens is 8. The topological polar surface area (TPSA) is 99.7 Å². The molecule has 1 saturated carbocycles. The van der Waals surface area contributed by atoms with Crippen LogP contribution in [0.3, 0.4) is 0 Å². The summed E-state index contributed by atoms with van der Waals surface area (Å²) in [7, 11) is -1.97. The van der Waals surface area contributed by atoms with Gasteiger partial charge < -0.3 is 0 Å². The fourth-order valence-corrected chi connectivity index (χ4v) is 9.45. The van der Waals surface area contributed by atoms with Crippen LogP contribution in [0.5, 0.6) is 0 Å². The average Bonchev–Trinajstić information content (AvgIpc) is 3.66. The van der Waals surface area contributed by atoms with E-state index in [4.69, 9.17) is 28.2 Å². The zero-order valence-electron chi connectivity index (χ0n) is 30.1. The number of carbonyl (C=O) groups is 1. The summed E-state index contributed by atoms with van der Waals surface area (Å²) in [6.07, 6.45) is -1.13. The van der Waals surface area contributed by atoms with E-state index < -0.39 is 87.5 Å². The van der Waals surface area contributed by atoms with E-state index in [1.807, 2.05) is 0 Å². The molecule has 0 spiro atoms. The maximum Gasteiger partial charge on any atom is 0.293 e. The van der Waals surface area contributed by atoms with Gasteiger partial charge in [-0.3, -0.25) is 19.1 Å². The highest BCUT2D eigenvalue weighted by molar-refractivity contribution is 7.89. The van der Waals surface area contributed by atoms with E-state index in [1.54, 1.807) is 49.5 Å². The van der Waals surface area contributed by atoms with E-state index in [1.165, 1.54) is 10.9 Å². The predicted octanol–water partition coefficient (Wildman–Crippen LogP) is 9.76. The van der Waals surface area contributed by atoms with Crippen molar-refractivity contribution in [1.29, 1.82) is 0 Å². The Hall–Kier alpha value is -4.73. The lowest BCUT2D eigenvalue weighted by Gasteiger charge is -2.22. The minimum absolute atomic E-state index is 0.0502. The van der Waals surface area contributed by atoms with Crippen molar-refractivity contribution in [3.8, 4) is 22.3 Å². The second kappa shape index (κ2) is 14.3. The quantitative estimate of drug-likeness (QED) is 0.114. The fourth-order valence-electron chi connectivity index (χ4n) is 8.25. The highest BCUT2D eigenvalue weighted by Crippen LogP contribution is 2.68. The molecule has 0 amide bonds. The molecule has 1 fully saturated rings. The third kappa shape index (κ3) is 7.22. The molecule has 0 radical (unpaired) electrons. The van der Waals surface area contributed by atoms with Crippen LogP contribution in [0, 0.1) is 17.6 Å². The highest BCUT2D eigenvalue weighted by Gasteiger charge is 2.67. The molecule has 2 aliphatic rings. The SMILES string of the molecule is Cn1nc(CS(C)(=O)=O)c2c(Cl)ccc(-c3cc(-c4ccccc4Cl)cnc3[C@@H](CC(=O)Cn3nc(C(F)F)c4c3C(F)(F)[C@@H]3C[C@H]43)Cc3cc(F)cc(F)c3)c21. The standard InChI is InChI=1S/C40H31Cl2F6N5O3S/c1-52-37-26(7-8-31(42)34(37)32(50-52)18-57(2,55)56)27-13-21(25-5-3-4-6-30(25)41)16-49-35(27)20(9-19-10-22(43)14-23(44)11-19)12-24(54)17-53-38-33(36(51-53)39(45)46)28-15-29(28)40(38,47)48/h3-8,10-11,13-14,16,20,28-29,39H,9,12,15,17-18H2,1-2H3/t20-,28+,29-/m1/s1. The Bertz CT molecular complexity index is 2720. The largest absolute Gasteiger partial charge is 0.298 e. The van der Waals surface area contributed by atoms with Crippen LogP contribution < -0.4 is 0 Å². The highest BCUT2D eigenvalue weighted by atomic mass is 35.5. The van der Waals surface area contributed by atoms with Crippen LogP contribution in [0.1, 0.15) is 65.0 Å². The van der Waals surface area contributed by atoms with Crippen molar-refractivity contribution in [2.24, 2.45) is 13.0 Å². The molecule has 296 valence electrons. The maximum atomic E-state index is 15.4. The van der Waals surface area contributed by atoms with Crippen LogP contribution in [0.15, 0.2) is 66.9 Å². The molecular weight excluding hydrogens is 815 g/mol. The summed E-state index contributed by atoms with van der Waals surface area (Å²) in [5, 5.41) is 9.24. The summed E-state index contributed by atoms with van der Waals surface area (Å²) in [5.74, 6) is -9.20.